The van der Waals surface area contributed by atoms with Crippen LogP contribution in [0.4, 0.5) is 10.2 Å². The molecule has 1 aliphatic heterocycles. The van der Waals surface area contributed by atoms with Crippen LogP contribution in [-0.2, 0) is 31.6 Å². The molecule has 0 aliphatic carbocycles. The summed E-state index contributed by atoms with van der Waals surface area (Å²) in [6, 6.07) is 0. The number of hydrogen-bond acceptors (Lipinski definition) is 12. The van der Waals surface area contributed by atoms with Crippen molar-refractivity contribution >= 4 is 29.3 Å². The van der Waals surface area contributed by atoms with Crippen LogP contribution in [0.15, 0.2) is 11.0 Å². The predicted molar refractivity (Wildman–Crippen MR) is 102 cm³/mol. The van der Waals surface area contributed by atoms with Crippen molar-refractivity contribution in [3.63, 3.8) is 0 Å². The Balaban J connectivity index is 2.31. The van der Waals surface area contributed by atoms with Crippen molar-refractivity contribution in [3.8, 4) is 11.8 Å². The molecular weight excluding hydrogens is 520 g/mol. The van der Waals surface area contributed by atoms with Crippen molar-refractivity contribution in [2.75, 3.05) is 5.73 Å². The molecule has 2 rings (SSSR count). The fourth-order valence-corrected chi connectivity index (χ4v) is 5.93. The number of rotatable bonds is 8. The minimum atomic E-state index is -5.82. The van der Waals surface area contributed by atoms with Gasteiger partial charge in [-0.2, -0.15) is 23.4 Å². The molecule has 21 heteroatoms. The number of ether oxygens (including phenoxy) is 1. The van der Waals surface area contributed by atoms with E-state index in [1.807, 2.05) is 5.92 Å². The highest BCUT2D eigenvalue weighted by Crippen LogP contribution is 2.66. The van der Waals surface area contributed by atoms with Gasteiger partial charge in [0.15, 0.2) is 0 Å². The summed E-state index contributed by atoms with van der Waals surface area (Å²) in [7, 11) is -17.1. The predicted octanol–water partition coefficient (Wildman–Crippen LogP) is -1.06. The first-order chi connectivity index (χ1) is 14.9. The molecule has 3 unspecified atom stereocenters. The highest BCUT2D eigenvalue weighted by atomic mass is 31.3. The number of phosphoric ester groups is 1. The first-order valence-electron chi connectivity index (χ1n) is 8.40. The summed E-state index contributed by atoms with van der Waals surface area (Å²) in [6.07, 6.45) is -7.10. The van der Waals surface area contributed by atoms with E-state index in [1.165, 1.54) is 6.92 Å². The lowest BCUT2D eigenvalue weighted by molar-refractivity contribution is -0.0827. The molecule has 186 valence electrons. The van der Waals surface area contributed by atoms with Gasteiger partial charge >= 0.3 is 29.2 Å². The van der Waals surface area contributed by atoms with Gasteiger partial charge in [0.05, 0.1) is 12.3 Å². The van der Waals surface area contributed by atoms with Gasteiger partial charge in [-0.15, -0.1) is 5.92 Å². The lowest BCUT2D eigenvalue weighted by Crippen LogP contribution is -2.46. The number of aliphatic hydroxyl groups excluding tert-OH is 1. The molecule has 1 fully saturated rings. The molecular formula is C12H18FN4O13P3. The zero-order valence-electron chi connectivity index (χ0n) is 16.5. The van der Waals surface area contributed by atoms with Gasteiger partial charge in [0, 0.05) is 0 Å². The summed E-state index contributed by atoms with van der Waals surface area (Å²) in [5.74, 6) is 3.89. The van der Waals surface area contributed by atoms with Gasteiger partial charge in [-0.3, -0.25) is 4.52 Å². The smallest absolute Gasteiger partial charge is 0.386 e. The number of nitrogens with two attached hydrogens (primary N) is 1. The summed E-state index contributed by atoms with van der Waals surface area (Å²) in [4.78, 5) is 51.3. The van der Waals surface area contributed by atoms with Crippen LogP contribution in [0.3, 0.4) is 0 Å². The summed E-state index contributed by atoms with van der Waals surface area (Å²) < 4.78 is 67.0. The number of hydrogen-bond donors (Lipinski definition) is 6. The normalized spacial score (nSPS) is 30.0. The topological polar surface area (TPSA) is 263 Å². The van der Waals surface area contributed by atoms with E-state index in [0.717, 1.165) is 13.1 Å². The molecule has 0 aromatic carbocycles. The summed E-state index contributed by atoms with van der Waals surface area (Å²) in [5.41, 5.74) is 1.11. The molecule has 2 heterocycles. The maximum Gasteiger partial charge on any atom is 0.490 e. The summed E-state index contributed by atoms with van der Waals surface area (Å²) >= 11 is 0. The van der Waals surface area contributed by atoms with Gasteiger partial charge in [-0.25, -0.2) is 22.9 Å². The minimum Gasteiger partial charge on any atom is -0.386 e. The van der Waals surface area contributed by atoms with Crippen molar-refractivity contribution in [2.45, 2.75) is 44.1 Å². The molecule has 0 bridgehead atoms. The van der Waals surface area contributed by atoms with Crippen LogP contribution in [0, 0.1) is 11.8 Å². The summed E-state index contributed by atoms with van der Waals surface area (Å²) in [5, 5.41) is 14.0. The minimum absolute atomic E-state index is 0.307. The lowest BCUT2D eigenvalue weighted by atomic mass is 9.94. The van der Waals surface area contributed by atoms with Crippen LogP contribution in [0.25, 0.3) is 0 Å². The molecule has 1 aliphatic rings. The Hall–Kier alpha value is -1.57. The molecule has 17 nitrogen and oxygen atoms in total. The monoisotopic (exact) mass is 538 g/mol. The molecule has 0 amide bonds. The molecule has 7 atom stereocenters. The number of aliphatic hydroxyl groups is 1. The van der Waals surface area contributed by atoms with Crippen LogP contribution in [-0.4, -0.2) is 63.4 Å². The fraction of sp³-hybridized carbons (Fsp3) is 0.583. The Morgan fingerprint density at radius 2 is 1.88 bits per heavy atom. The van der Waals surface area contributed by atoms with Crippen molar-refractivity contribution in [1.29, 1.82) is 0 Å². The number of alkyl halides is 1. The van der Waals surface area contributed by atoms with Crippen molar-refractivity contribution < 1.29 is 60.6 Å². The third kappa shape index (κ3) is 6.74. The van der Waals surface area contributed by atoms with Gasteiger partial charge in [0.2, 0.25) is 11.9 Å². The van der Waals surface area contributed by atoms with E-state index in [1.54, 1.807) is 0 Å². The second kappa shape index (κ2) is 9.59. The van der Waals surface area contributed by atoms with Gasteiger partial charge in [0.1, 0.15) is 18.0 Å². The standard InChI is InChI=1S/C12H18FN4O13P3/c1-3-4-12(13)9(18)8(27-10(12)17-11(19)16-7(14)5-15-17)6(2)28-32(23,24)30-33(25,26)29-31(20,21)22/h5-6,8-10,18H,1-2H3,(H,23,24)(H,25,26)(H2,14,16,19)(H2,20,21,22)/t6-,8-,9+,10-,12?/m1/s1. The highest BCUT2D eigenvalue weighted by molar-refractivity contribution is 7.66. The largest absolute Gasteiger partial charge is 0.490 e. The lowest BCUT2D eigenvalue weighted by Gasteiger charge is -2.25. The van der Waals surface area contributed by atoms with Crippen LogP contribution >= 0.6 is 23.5 Å². The van der Waals surface area contributed by atoms with Crippen LogP contribution in [0.2, 0.25) is 0 Å². The van der Waals surface area contributed by atoms with Gasteiger partial charge in [-0.1, -0.05) is 5.92 Å². The number of nitrogens with zero attached hydrogens (tertiary/aromatic N) is 3. The van der Waals surface area contributed by atoms with Crippen LogP contribution < -0.4 is 11.4 Å². The molecule has 1 aromatic rings. The zero-order valence-corrected chi connectivity index (χ0v) is 19.2. The Kier molecular flexibility index (Phi) is 8.04. The SMILES string of the molecule is CC#CC1(F)[C@@H](O)[C@@H]([C@@H](C)OP(=O)(O)OP(=O)(O)OP(=O)(O)O)O[C@H]1n1ncc(N)nc1=O. The average Bonchev–Trinajstić information content (AvgIpc) is 2.83. The maximum absolute atomic E-state index is 15.6. The van der Waals surface area contributed by atoms with Gasteiger partial charge in [0.25, 0.3) is 0 Å². The molecule has 0 radical (unpaired) electrons. The zero-order chi connectivity index (χ0) is 25.4. The Morgan fingerprint density at radius 1 is 1.27 bits per heavy atom. The van der Waals surface area contributed by atoms with Gasteiger partial charge in [-0.05, 0) is 13.8 Å². The number of phosphoric acid groups is 3. The van der Waals surface area contributed by atoms with Crippen molar-refractivity contribution in [2.24, 2.45) is 0 Å². The van der Waals surface area contributed by atoms with Crippen molar-refractivity contribution in [1.82, 2.24) is 14.8 Å². The quantitative estimate of drug-likeness (QED) is 0.170. The third-order valence-electron chi connectivity index (χ3n) is 3.84. The molecule has 1 aromatic heterocycles. The van der Waals surface area contributed by atoms with Crippen LogP contribution in [0.1, 0.15) is 20.1 Å². The Bertz CT molecular complexity index is 1160. The number of aromatic nitrogens is 3. The molecule has 1 saturated heterocycles. The van der Waals surface area contributed by atoms with E-state index in [2.05, 4.69) is 29.1 Å². The second-order valence-electron chi connectivity index (χ2n) is 6.35. The van der Waals surface area contributed by atoms with Crippen molar-refractivity contribution in [3.05, 3.63) is 16.7 Å². The average molecular weight is 538 g/mol. The highest BCUT2D eigenvalue weighted by Gasteiger charge is 2.60. The van der Waals surface area contributed by atoms with E-state index in [-0.39, 0.29) is 5.82 Å². The first kappa shape index (κ1) is 27.7. The third-order valence-corrected chi connectivity index (χ3v) is 7.77. The first-order valence-corrected chi connectivity index (χ1v) is 12.9. The second-order valence-corrected chi connectivity index (χ2v) is 10.7. The number of halogens is 1. The molecule has 0 spiro atoms. The Labute approximate surface area is 183 Å². The maximum atomic E-state index is 15.6. The van der Waals surface area contributed by atoms with Crippen LogP contribution in [0.5, 0.6) is 0 Å². The fourth-order valence-electron chi connectivity index (χ4n) is 2.73. The van der Waals surface area contributed by atoms with E-state index in [4.69, 9.17) is 20.3 Å². The summed E-state index contributed by atoms with van der Waals surface area (Å²) in [6.45, 7) is 2.14. The van der Waals surface area contributed by atoms with E-state index in [9.17, 15) is 33.4 Å². The number of anilines is 1. The molecule has 33 heavy (non-hydrogen) atoms. The van der Waals surface area contributed by atoms with E-state index in [0.29, 0.717) is 4.68 Å². The molecule has 0 saturated carbocycles. The number of nitrogen functional groups attached to an aromatic ring is 1. The Morgan fingerprint density at radius 3 is 2.39 bits per heavy atom. The van der Waals surface area contributed by atoms with E-state index >= 15 is 4.39 Å². The molecule has 7 N–H and O–H groups in total. The van der Waals surface area contributed by atoms with E-state index < -0.39 is 59.4 Å². The van der Waals surface area contributed by atoms with Gasteiger partial charge < -0.3 is 35.2 Å².